The zero-order valence-electron chi connectivity index (χ0n) is 12.5. The molecule has 0 fully saturated rings. The molecule has 0 saturated carbocycles. The van der Waals surface area contributed by atoms with Crippen LogP contribution >= 0.6 is 12.2 Å². The SMILES string of the molecule is Cc1cc2c(cc1F)[nH]c(=S)n2CCCN(C)C(C)C. The van der Waals surface area contributed by atoms with Gasteiger partial charge in [-0.2, -0.15) is 0 Å². The number of H-pyrrole nitrogens is 1. The van der Waals surface area contributed by atoms with Crippen molar-refractivity contribution < 1.29 is 4.39 Å². The summed E-state index contributed by atoms with van der Waals surface area (Å²) in [5.41, 5.74) is 2.41. The Morgan fingerprint density at radius 1 is 1.40 bits per heavy atom. The van der Waals surface area contributed by atoms with Gasteiger partial charge in [0.25, 0.3) is 0 Å². The van der Waals surface area contributed by atoms with Crippen molar-refractivity contribution in [2.45, 2.75) is 39.8 Å². The van der Waals surface area contributed by atoms with Crippen LogP contribution in [-0.4, -0.2) is 34.1 Å². The average Bonchev–Trinajstić information content (AvgIpc) is 2.66. The van der Waals surface area contributed by atoms with Gasteiger partial charge in [-0.1, -0.05) is 0 Å². The monoisotopic (exact) mass is 295 g/mol. The number of aromatic nitrogens is 2. The zero-order chi connectivity index (χ0) is 14.9. The molecule has 0 atom stereocenters. The molecule has 0 amide bonds. The van der Waals surface area contributed by atoms with Crippen LogP contribution in [0.5, 0.6) is 0 Å². The van der Waals surface area contributed by atoms with Crippen molar-refractivity contribution in [3.05, 3.63) is 28.3 Å². The second kappa shape index (κ2) is 6.06. The molecule has 3 nitrogen and oxygen atoms in total. The maximum Gasteiger partial charge on any atom is 0.178 e. The Morgan fingerprint density at radius 2 is 2.10 bits per heavy atom. The van der Waals surface area contributed by atoms with Gasteiger partial charge in [-0.25, -0.2) is 4.39 Å². The Morgan fingerprint density at radius 3 is 2.75 bits per heavy atom. The molecule has 20 heavy (non-hydrogen) atoms. The summed E-state index contributed by atoms with van der Waals surface area (Å²) in [6.45, 7) is 8.02. The van der Waals surface area contributed by atoms with E-state index < -0.39 is 0 Å². The van der Waals surface area contributed by atoms with Crippen LogP contribution in [0.3, 0.4) is 0 Å². The molecule has 0 saturated heterocycles. The molecule has 1 aromatic heterocycles. The first-order chi connectivity index (χ1) is 9.40. The third kappa shape index (κ3) is 3.10. The second-order valence-electron chi connectivity index (χ2n) is 5.63. The third-order valence-electron chi connectivity index (χ3n) is 3.83. The topological polar surface area (TPSA) is 24.0 Å². The molecular weight excluding hydrogens is 273 g/mol. The fourth-order valence-electron chi connectivity index (χ4n) is 2.24. The Hall–Kier alpha value is -1.20. The molecule has 2 aromatic rings. The van der Waals surface area contributed by atoms with Crippen LogP contribution in [0, 0.1) is 17.5 Å². The zero-order valence-corrected chi connectivity index (χ0v) is 13.4. The highest BCUT2D eigenvalue weighted by Gasteiger charge is 2.09. The summed E-state index contributed by atoms with van der Waals surface area (Å²) in [7, 11) is 2.12. The van der Waals surface area contributed by atoms with Gasteiger partial charge in [0, 0.05) is 12.6 Å². The van der Waals surface area contributed by atoms with Crippen LogP contribution < -0.4 is 0 Å². The molecule has 0 bridgehead atoms. The Balaban J connectivity index is 2.20. The van der Waals surface area contributed by atoms with Crippen molar-refractivity contribution >= 4 is 23.3 Å². The van der Waals surface area contributed by atoms with Crippen molar-refractivity contribution in [1.29, 1.82) is 0 Å². The number of rotatable bonds is 5. The smallest absolute Gasteiger partial charge is 0.178 e. The highest BCUT2D eigenvalue weighted by molar-refractivity contribution is 7.71. The van der Waals surface area contributed by atoms with E-state index in [2.05, 4.69) is 35.3 Å². The maximum atomic E-state index is 13.6. The number of imidazole rings is 1. The van der Waals surface area contributed by atoms with Crippen LogP contribution in [0.1, 0.15) is 25.8 Å². The molecule has 0 unspecified atom stereocenters. The Kier molecular flexibility index (Phi) is 4.60. The molecule has 1 N–H and O–H groups in total. The van der Waals surface area contributed by atoms with Crippen molar-refractivity contribution in [2.75, 3.05) is 13.6 Å². The minimum Gasteiger partial charge on any atom is -0.330 e. The van der Waals surface area contributed by atoms with Crippen molar-refractivity contribution in [3.63, 3.8) is 0 Å². The van der Waals surface area contributed by atoms with E-state index in [4.69, 9.17) is 12.2 Å². The maximum absolute atomic E-state index is 13.6. The van der Waals surface area contributed by atoms with Gasteiger partial charge in [-0.15, -0.1) is 0 Å². The lowest BCUT2D eigenvalue weighted by atomic mass is 10.2. The summed E-state index contributed by atoms with van der Waals surface area (Å²) in [5, 5.41) is 0. The van der Waals surface area contributed by atoms with E-state index >= 15 is 0 Å². The number of nitrogens with one attached hydrogen (secondary N) is 1. The van der Waals surface area contributed by atoms with Gasteiger partial charge >= 0.3 is 0 Å². The van der Waals surface area contributed by atoms with Crippen LogP contribution in [0.2, 0.25) is 0 Å². The summed E-state index contributed by atoms with van der Waals surface area (Å²) < 4.78 is 16.3. The van der Waals surface area contributed by atoms with Crippen LogP contribution in [0.25, 0.3) is 11.0 Å². The normalized spacial score (nSPS) is 11.9. The highest BCUT2D eigenvalue weighted by atomic mass is 32.1. The predicted molar refractivity (Wildman–Crippen MR) is 84.2 cm³/mol. The summed E-state index contributed by atoms with van der Waals surface area (Å²) >= 11 is 5.34. The van der Waals surface area contributed by atoms with Crippen molar-refractivity contribution in [1.82, 2.24) is 14.5 Å². The van der Waals surface area contributed by atoms with E-state index in [1.165, 1.54) is 6.07 Å². The minimum absolute atomic E-state index is 0.194. The van der Waals surface area contributed by atoms with Gasteiger partial charge in [0.2, 0.25) is 0 Å². The molecular formula is C15H22FN3S. The third-order valence-corrected chi connectivity index (χ3v) is 4.15. The highest BCUT2D eigenvalue weighted by Crippen LogP contribution is 2.19. The first-order valence-electron chi connectivity index (χ1n) is 6.99. The number of aromatic amines is 1. The molecule has 1 heterocycles. The molecule has 0 aliphatic rings. The number of hydrogen-bond acceptors (Lipinski definition) is 2. The lowest BCUT2D eigenvalue weighted by Crippen LogP contribution is -2.27. The standard InChI is InChI=1S/C15H22FN3S/c1-10(2)18(4)6-5-7-19-14-8-11(3)12(16)9-13(14)17-15(19)20/h8-10H,5-7H2,1-4H3,(H,17,20). The predicted octanol–water partition coefficient (Wildman–Crippen LogP) is 3.88. The summed E-state index contributed by atoms with van der Waals surface area (Å²) in [6.07, 6.45) is 1.02. The quantitative estimate of drug-likeness (QED) is 0.847. The summed E-state index contributed by atoms with van der Waals surface area (Å²) in [4.78, 5) is 5.39. The molecule has 5 heteroatoms. The summed E-state index contributed by atoms with van der Waals surface area (Å²) in [5.74, 6) is -0.194. The van der Waals surface area contributed by atoms with Gasteiger partial charge < -0.3 is 14.5 Å². The van der Waals surface area contributed by atoms with E-state index in [-0.39, 0.29) is 5.82 Å². The number of aryl methyl sites for hydroxylation is 2. The first-order valence-corrected chi connectivity index (χ1v) is 7.40. The van der Waals surface area contributed by atoms with Crippen molar-refractivity contribution in [3.8, 4) is 0 Å². The molecule has 0 spiro atoms. The van der Waals surface area contributed by atoms with E-state index in [1.54, 1.807) is 6.92 Å². The van der Waals surface area contributed by atoms with Gasteiger partial charge in [-0.3, -0.25) is 0 Å². The number of hydrogen-bond donors (Lipinski definition) is 1. The van der Waals surface area contributed by atoms with Crippen LogP contribution in [0.4, 0.5) is 4.39 Å². The Labute approximate surface area is 124 Å². The number of nitrogens with zero attached hydrogens (tertiary/aromatic N) is 2. The fraction of sp³-hybridized carbons (Fsp3) is 0.533. The molecule has 0 aliphatic carbocycles. The van der Waals surface area contributed by atoms with Gasteiger partial charge in [0.05, 0.1) is 11.0 Å². The van der Waals surface area contributed by atoms with Gasteiger partial charge in [0.15, 0.2) is 4.77 Å². The average molecular weight is 295 g/mol. The fourth-order valence-corrected chi connectivity index (χ4v) is 2.54. The van der Waals surface area contributed by atoms with Crippen LogP contribution in [0.15, 0.2) is 12.1 Å². The largest absolute Gasteiger partial charge is 0.330 e. The van der Waals surface area contributed by atoms with E-state index in [1.807, 2.05) is 6.07 Å². The van der Waals surface area contributed by atoms with Crippen LogP contribution in [-0.2, 0) is 6.54 Å². The lowest BCUT2D eigenvalue weighted by Gasteiger charge is -2.20. The van der Waals surface area contributed by atoms with E-state index in [9.17, 15) is 4.39 Å². The minimum atomic E-state index is -0.194. The Bertz CT molecular complexity index is 657. The van der Waals surface area contributed by atoms with Gasteiger partial charge in [0.1, 0.15) is 5.82 Å². The summed E-state index contributed by atoms with van der Waals surface area (Å²) in [6, 6.07) is 3.93. The number of fused-ring (bicyclic) bond motifs is 1. The molecule has 2 rings (SSSR count). The molecule has 0 aliphatic heterocycles. The van der Waals surface area contributed by atoms with Crippen molar-refractivity contribution in [2.24, 2.45) is 0 Å². The molecule has 1 aromatic carbocycles. The molecule has 0 radical (unpaired) electrons. The molecule has 110 valence electrons. The van der Waals surface area contributed by atoms with Gasteiger partial charge in [-0.05, 0) is 70.7 Å². The lowest BCUT2D eigenvalue weighted by molar-refractivity contribution is 0.266. The van der Waals surface area contributed by atoms with E-state index in [0.717, 1.165) is 30.5 Å². The number of halogens is 1. The second-order valence-corrected chi connectivity index (χ2v) is 6.01. The first kappa shape index (κ1) is 15.2. The van der Waals surface area contributed by atoms with E-state index in [0.29, 0.717) is 16.4 Å². The number of benzene rings is 1.